The second-order valence-electron chi connectivity index (χ2n) is 8.11. The number of nitrogens with one attached hydrogen (secondary N) is 2. The van der Waals surface area contributed by atoms with Gasteiger partial charge in [0.2, 0.25) is 11.8 Å². The van der Waals surface area contributed by atoms with Crippen LogP contribution in [-0.4, -0.2) is 29.7 Å². The first-order chi connectivity index (χ1) is 18.1. The number of amides is 2. The van der Waals surface area contributed by atoms with Crippen LogP contribution in [0.15, 0.2) is 106 Å². The van der Waals surface area contributed by atoms with Crippen LogP contribution in [-0.2, 0) is 4.79 Å². The Morgan fingerprint density at radius 3 is 2.41 bits per heavy atom. The zero-order valence-corrected chi connectivity index (χ0v) is 20.7. The molecular formula is C29H23N3O4S. The van der Waals surface area contributed by atoms with Crippen molar-refractivity contribution in [1.29, 1.82) is 0 Å². The lowest BCUT2D eigenvalue weighted by Gasteiger charge is -2.09. The first-order valence-corrected chi connectivity index (χ1v) is 12.5. The summed E-state index contributed by atoms with van der Waals surface area (Å²) >= 11 is 1.39. The topological polar surface area (TPSA) is 93.5 Å². The van der Waals surface area contributed by atoms with Crippen LogP contribution in [0.3, 0.4) is 0 Å². The van der Waals surface area contributed by atoms with E-state index in [1.165, 1.54) is 11.8 Å². The summed E-state index contributed by atoms with van der Waals surface area (Å²) in [6, 6.07) is 29.3. The Kier molecular flexibility index (Phi) is 7.19. The predicted molar refractivity (Wildman–Crippen MR) is 146 cm³/mol. The minimum absolute atomic E-state index is 0.132. The van der Waals surface area contributed by atoms with Crippen molar-refractivity contribution >= 4 is 46.1 Å². The highest BCUT2D eigenvalue weighted by molar-refractivity contribution is 8.00. The van der Waals surface area contributed by atoms with Crippen molar-refractivity contribution in [3.8, 4) is 17.2 Å². The Hall–Kier alpha value is -4.56. The summed E-state index contributed by atoms with van der Waals surface area (Å²) in [5.41, 5.74) is 4.23. The number of thioether (sulfide) groups is 1. The van der Waals surface area contributed by atoms with Crippen molar-refractivity contribution in [2.75, 3.05) is 23.5 Å². The van der Waals surface area contributed by atoms with Crippen LogP contribution in [0.2, 0.25) is 0 Å². The van der Waals surface area contributed by atoms with Gasteiger partial charge in [-0.3, -0.25) is 9.59 Å². The Bertz CT molecular complexity index is 1510. The summed E-state index contributed by atoms with van der Waals surface area (Å²) in [7, 11) is 1.58. The fraction of sp³-hybridized carbons (Fsp3) is 0.0690. The van der Waals surface area contributed by atoms with Crippen LogP contribution in [0.1, 0.15) is 10.4 Å². The van der Waals surface area contributed by atoms with Crippen molar-refractivity contribution in [2.45, 2.75) is 4.90 Å². The molecule has 37 heavy (non-hydrogen) atoms. The van der Waals surface area contributed by atoms with E-state index in [1.54, 1.807) is 31.4 Å². The second kappa shape index (κ2) is 11.0. The molecule has 0 saturated heterocycles. The minimum atomic E-state index is -0.219. The van der Waals surface area contributed by atoms with Crippen LogP contribution in [0.5, 0.6) is 5.75 Å². The number of benzene rings is 4. The van der Waals surface area contributed by atoms with Crippen LogP contribution in [0, 0.1) is 0 Å². The number of anilines is 2. The normalized spacial score (nSPS) is 10.7. The van der Waals surface area contributed by atoms with E-state index >= 15 is 0 Å². The molecule has 1 aromatic heterocycles. The molecule has 0 aliphatic rings. The summed E-state index contributed by atoms with van der Waals surface area (Å²) in [6.45, 7) is 0. The maximum Gasteiger partial charge on any atom is 0.255 e. The van der Waals surface area contributed by atoms with Gasteiger partial charge >= 0.3 is 0 Å². The Morgan fingerprint density at radius 1 is 0.865 bits per heavy atom. The van der Waals surface area contributed by atoms with Crippen molar-refractivity contribution in [1.82, 2.24) is 4.98 Å². The van der Waals surface area contributed by atoms with E-state index in [1.807, 2.05) is 72.8 Å². The number of ether oxygens (including phenoxy) is 1. The molecule has 4 aromatic carbocycles. The van der Waals surface area contributed by atoms with Gasteiger partial charge in [-0.1, -0.05) is 18.2 Å². The molecule has 0 unspecified atom stereocenters. The molecule has 1 heterocycles. The van der Waals surface area contributed by atoms with Crippen molar-refractivity contribution in [3.63, 3.8) is 0 Å². The van der Waals surface area contributed by atoms with Gasteiger partial charge in [-0.05, 0) is 78.9 Å². The van der Waals surface area contributed by atoms with Crippen LogP contribution >= 0.6 is 11.8 Å². The lowest BCUT2D eigenvalue weighted by Crippen LogP contribution is -2.14. The lowest BCUT2D eigenvalue weighted by atomic mass is 10.2. The first kappa shape index (κ1) is 24.1. The number of hydrogen-bond acceptors (Lipinski definition) is 6. The maximum absolute atomic E-state index is 12.5. The monoisotopic (exact) mass is 509 g/mol. The molecule has 5 aromatic rings. The number of hydrogen-bond donors (Lipinski definition) is 2. The van der Waals surface area contributed by atoms with Gasteiger partial charge in [0, 0.05) is 27.4 Å². The summed E-state index contributed by atoms with van der Waals surface area (Å²) in [5, 5.41) is 5.79. The van der Waals surface area contributed by atoms with Gasteiger partial charge in [0.25, 0.3) is 5.91 Å². The standard InChI is InChI=1S/C29H23N3O4S/c1-35-23-15-11-19(12-16-23)28(34)31-22-5-4-6-24(17-22)37-18-27(33)30-21-13-9-20(10-14-21)29-32-25-7-2-3-8-26(25)36-29/h2-17H,18H2,1H3,(H,30,33)(H,31,34). The van der Waals surface area contributed by atoms with Gasteiger partial charge < -0.3 is 19.8 Å². The number of aromatic nitrogens is 1. The highest BCUT2D eigenvalue weighted by Gasteiger charge is 2.10. The number of nitrogens with zero attached hydrogens (tertiary/aromatic N) is 1. The molecule has 0 atom stereocenters. The number of carbonyl (C=O) groups excluding carboxylic acids is 2. The van der Waals surface area contributed by atoms with E-state index in [0.717, 1.165) is 21.6 Å². The summed E-state index contributed by atoms with van der Waals surface area (Å²) in [6.07, 6.45) is 0. The second-order valence-corrected chi connectivity index (χ2v) is 9.16. The van der Waals surface area contributed by atoms with E-state index in [4.69, 9.17) is 9.15 Å². The van der Waals surface area contributed by atoms with E-state index in [9.17, 15) is 9.59 Å². The van der Waals surface area contributed by atoms with Gasteiger partial charge in [-0.2, -0.15) is 0 Å². The number of methoxy groups -OCH3 is 1. The number of rotatable bonds is 8. The van der Waals surface area contributed by atoms with Crippen LogP contribution in [0.25, 0.3) is 22.6 Å². The van der Waals surface area contributed by atoms with E-state index in [0.29, 0.717) is 28.6 Å². The van der Waals surface area contributed by atoms with Crippen LogP contribution in [0.4, 0.5) is 11.4 Å². The lowest BCUT2D eigenvalue weighted by molar-refractivity contribution is -0.113. The molecule has 0 aliphatic carbocycles. The molecule has 0 bridgehead atoms. The molecule has 0 spiro atoms. The van der Waals surface area contributed by atoms with Gasteiger partial charge in [-0.25, -0.2) is 4.98 Å². The zero-order chi connectivity index (χ0) is 25.6. The molecule has 2 N–H and O–H groups in total. The van der Waals surface area contributed by atoms with Gasteiger partial charge in [0.1, 0.15) is 11.3 Å². The average Bonchev–Trinajstić information content (AvgIpc) is 3.37. The third-order valence-corrected chi connectivity index (χ3v) is 6.52. The van der Waals surface area contributed by atoms with Crippen molar-refractivity contribution < 1.29 is 18.7 Å². The third-order valence-electron chi connectivity index (χ3n) is 5.52. The highest BCUT2D eigenvalue weighted by Crippen LogP contribution is 2.26. The SMILES string of the molecule is COc1ccc(C(=O)Nc2cccc(SCC(=O)Nc3ccc(-c4nc5ccccc5o4)cc3)c2)cc1. The Labute approximate surface area is 217 Å². The summed E-state index contributed by atoms with van der Waals surface area (Å²) < 4.78 is 10.9. The molecule has 0 radical (unpaired) electrons. The smallest absolute Gasteiger partial charge is 0.255 e. The molecule has 5 rings (SSSR count). The zero-order valence-electron chi connectivity index (χ0n) is 19.9. The van der Waals surface area contributed by atoms with Gasteiger partial charge in [0.05, 0.1) is 12.9 Å². The molecule has 184 valence electrons. The summed E-state index contributed by atoms with van der Waals surface area (Å²) in [4.78, 5) is 30.4. The largest absolute Gasteiger partial charge is 0.497 e. The minimum Gasteiger partial charge on any atom is -0.497 e. The number of para-hydroxylation sites is 2. The molecule has 0 aliphatic heterocycles. The van der Waals surface area contributed by atoms with E-state index in [2.05, 4.69) is 15.6 Å². The quantitative estimate of drug-likeness (QED) is 0.232. The van der Waals surface area contributed by atoms with Gasteiger partial charge in [-0.15, -0.1) is 11.8 Å². The van der Waals surface area contributed by atoms with Gasteiger partial charge in [0.15, 0.2) is 5.58 Å². The van der Waals surface area contributed by atoms with E-state index < -0.39 is 0 Å². The highest BCUT2D eigenvalue weighted by atomic mass is 32.2. The molecule has 2 amide bonds. The number of carbonyl (C=O) groups is 2. The van der Waals surface area contributed by atoms with Crippen molar-refractivity contribution in [3.05, 3.63) is 103 Å². The Balaban J connectivity index is 1.15. The van der Waals surface area contributed by atoms with Crippen molar-refractivity contribution in [2.24, 2.45) is 0 Å². The molecule has 0 fully saturated rings. The first-order valence-electron chi connectivity index (χ1n) is 11.5. The molecule has 8 heteroatoms. The fourth-order valence-electron chi connectivity index (χ4n) is 3.65. The average molecular weight is 510 g/mol. The molecule has 0 saturated carbocycles. The summed E-state index contributed by atoms with van der Waals surface area (Å²) in [5.74, 6) is 1.10. The number of oxazole rings is 1. The van der Waals surface area contributed by atoms with E-state index in [-0.39, 0.29) is 17.6 Å². The molecular weight excluding hydrogens is 486 g/mol. The fourth-order valence-corrected chi connectivity index (χ4v) is 4.40. The third kappa shape index (κ3) is 5.99. The van der Waals surface area contributed by atoms with Crippen LogP contribution < -0.4 is 15.4 Å². The maximum atomic E-state index is 12.5. The predicted octanol–water partition coefficient (Wildman–Crippen LogP) is 6.49. The number of fused-ring (bicyclic) bond motifs is 1. The molecule has 7 nitrogen and oxygen atoms in total. The Morgan fingerprint density at radius 2 is 1.65 bits per heavy atom.